The van der Waals surface area contributed by atoms with E-state index in [9.17, 15) is 0 Å². The van der Waals surface area contributed by atoms with Gasteiger partial charge in [-0.3, -0.25) is 0 Å². The predicted molar refractivity (Wildman–Crippen MR) is 87.3 cm³/mol. The second kappa shape index (κ2) is 6.09. The first-order valence-electron chi connectivity index (χ1n) is 6.46. The van der Waals surface area contributed by atoms with E-state index in [1.54, 1.807) is 11.3 Å². The minimum atomic E-state index is 0.314. The molecular weight excluding hydrogens is 300 g/mol. The van der Waals surface area contributed by atoms with Gasteiger partial charge in [-0.05, 0) is 17.7 Å². The maximum atomic E-state index is 9.00. The molecule has 0 fully saturated rings. The Kier molecular flexibility index (Phi) is 4.01. The number of halogens is 1. The van der Waals surface area contributed by atoms with E-state index in [-0.39, 0.29) is 0 Å². The Labute approximate surface area is 132 Å². The van der Waals surface area contributed by atoms with Gasteiger partial charge in [0.1, 0.15) is 5.01 Å². The summed E-state index contributed by atoms with van der Waals surface area (Å²) in [5.41, 5.74) is 2.95. The molecule has 0 aliphatic rings. The average Bonchev–Trinajstić information content (AvgIpc) is 2.93. The van der Waals surface area contributed by atoms with Crippen molar-refractivity contribution in [3.8, 4) is 27.1 Å². The summed E-state index contributed by atoms with van der Waals surface area (Å²) in [6.45, 7) is 0. The number of aromatic nitrogens is 1. The highest BCUT2D eigenvalue weighted by atomic mass is 35.5. The van der Waals surface area contributed by atoms with Crippen molar-refractivity contribution in [1.82, 2.24) is 4.98 Å². The van der Waals surface area contributed by atoms with Gasteiger partial charge >= 0.3 is 0 Å². The molecule has 0 aliphatic carbocycles. The third-order valence-corrected chi connectivity index (χ3v) is 4.52. The summed E-state index contributed by atoms with van der Waals surface area (Å²) in [4.78, 5) is 5.69. The molecule has 3 rings (SSSR count). The lowest BCUT2D eigenvalue weighted by molar-refractivity contribution is 1.16. The quantitative estimate of drug-likeness (QED) is 0.667. The van der Waals surface area contributed by atoms with Gasteiger partial charge < -0.3 is 0 Å². The van der Waals surface area contributed by atoms with Gasteiger partial charge in [-0.2, -0.15) is 5.26 Å². The van der Waals surface area contributed by atoms with Crippen molar-refractivity contribution in [2.45, 2.75) is 6.42 Å². The molecular formula is C17H11ClN2S. The molecule has 0 spiro atoms. The van der Waals surface area contributed by atoms with Crippen molar-refractivity contribution in [2.24, 2.45) is 0 Å². The van der Waals surface area contributed by atoms with E-state index in [0.717, 1.165) is 26.7 Å². The number of hydrogen-bond donors (Lipinski definition) is 0. The summed E-state index contributed by atoms with van der Waals surface area (Å²) in [6, 6.07) is 19.8. The highest BCUT2D eigenvalue weighted by molar-refractivity contribution is 7.18. The number of nitrogens with zero attached hydrogens (tertiary/aromatic N) is 2. The molecule has 1 aromatic heterocycles. The van der Waals surface area contributed by atoms with Gasteiger partial charge in [0.05, 0.1) is 23.1 Å². The zero-order chi connectivity index (χ0) is 14.7. The van der Waals surface area contributed by atoms with Crippen LogP contribution in [0.15, 0.2) is 54.6 Å². The zero-order valence-electron chi connectivity index (χ0n) is 11.1. The van der Waals surface area contributed by atoms with Gasteiger partial charge in [0, 0.05) is 10.6 Å². The number of thiazole rings is 1. The van der Waals surface area contributed by atoms with Crippen LogP contribution in [-0.2, 0) is 6.42 Å². The van der Waals surface area contributed by atoms with Crippen molar-refractivity contribution in [3.63, 3.8) is 0 Å². The summed E-state index contributed by atoms with van der Waals surface area (Å²) in [7, 11) is 0. The molecule has 0 unspecified atom stereocenters. The van der Waals surface area contributed by atoms with Gasteiger partial charge in [0.2, 0.25) is 0 Å². The largest absolute Gasteiger partial charge is 0.239 e. The molecule has 0 saturated heterocycles. The van der Waals surface area contributed by atoms with Crippen LogP contribution in [0, 0.1) is 11.3 Å². The summed E-state index contributed by atoms with van der Waals surface area (Å²) >= 11 is 7.53. The van der Waals surface area contributed by atoms with E-state index in [0.29, 0.717) is 11.4 Å². The normalized spacial score (nSPS) is 10.3. The van der Waals surface area contributed by atoms with Crippen LogP contribution >= 0.6 is 22.9 Å². The second-order valence-corrected chi connectivity index (χ2v) is 5.94. The van der Waals surface area contributed by atoms with Gasteiger partial charge in [-0.25, -0.2) is 4.98 Å². The minimum absolute atomic E-state index is 0.314. The molecule has 0 amide bonds. The Hall–Kier alpha value is -2.15. The molecule has 2 nitrogen and oxygen atoms in total. The SMILES string of the molecule is N#CCc1nc(-c2ccc(Cl)cc2)sc1-c1ccccc1. The van der Waals surface area contributed by atoms with Crippen LogP contribution in [0.5, 0.6) is 0 Å². The van der Waals surface area contributed by atoms with E-state index in [4.69, 9.17) is 16.9 Å². The van der Waals surface area contributed by atoms with Crippen molar-refractivity contribution < 1.29 is 0 Å². The lowest BCUT2D eigenvalue weighted by atomic mass is 10.1. The van der Waals surface area contributed by atoms with E-state index in [1.165, 1.54) is 0 Å². The molecule has 21 heavy (non-hydrogen) atoms. The lowest BCUT2D eigenvalue weighted by Crippen LogP contribution is -1.85. The number of hydrogen-bond acceptors (Lipinski definition) is 3. The fourth-order valence-electron chi connectivity index (χ4n) is 2.08. The van der Waals surface area contributed by atoms with Gasteiger partial charge in [0.15, 0.2) is 0 Å². The summed E-state index contributed by atoms with van der Waals surface area (Å²) < 4.78 is 0. The van der Waals surface area contributed by atoms with Crippen molar-refractivity contribution in [3.05, 3.63) is 65.3 Å². The summed E-state index contributed by atoms with van der Waals surface area (Å²) in [5, 5.41) is 10.6. The Morgan fingerprint density at radius 1 is 1.00 bits per heavy atom. The lowest BCUT2D eigenvalue weighted by Gasteiger charge is -1.97. The Balaban J connectivity index is 2.09. The second-order valence-electron chi connectivity index (χ2n) is 4.50. The van der Waals surface area contributed by atoms with E-state index >= 15 is 0 Å². The van der Waals surface area contributed by atoms with Crippen LogP contribution in [0.3, 0.4) is 0 Å². The van der Waals surface area contributed by atoms with E-state index < -0.39 is 0 Å². The standard InChI is InChI=1S/C17H11ClN2S/c18-14-8-6-13(7-9-14)17-20-15(10-11-19)16(21-17)12-4-2-1-3-5-12/h1-9H,10H2. The summed E-state index contributed by atoms with van der Waals surface area (Å²) in [6.07, 6.45) is 0.314. The molecule has 0 N–H and O–H groups in total. The highest BCUT2D eigenvalue weighted by Crippen LogP contribution is 2.35. The molecule has 0 atom stereocenters. The van der Waals surface area contributed by atoms with Crippen LogP contribution in [0.2, 0.25) is 5.02 Å². The summed E-state index contributed by atoms with van der Waals surface area (Å²) in [5.74, 6) is 0. The van der Waals surface area contributed by atoms with Gasteiger partial charge in [0.25, 0.3) is 0 Å². The number of rotatable bonds is 3. The third-order valence-electron chi connectivity index (χ3n) is 3.07. The van der Waals surface area contributed by atoms with Crippen molar-refractivity contribution in [2.75, 3.05) is 0 Å². The molecule has 2 aromatic carbocycles. The average molecular weight is 311 g/mol. The molecule has 0 radical (unpaired) electrons. The maximum absolute atomic E-state index is 9.00. The predicted octanol–water partition coefficient (Wildman–Crippen LogP) is 5.20. The van der Waals surface area contributed by atoms with E-state index in [1.807, 2.05) is 54.6 Å². The fraction of sp³-hybridized carbons (Fsp3) is 0.0588. The molecule has 4 heteroatoms. The molecule has 0 aliphatic heterocycles. The van der Waals surface area contributed by atoms with Crippen LogP contribution in [0.1, 0.15) is 5.69 Å². The Morgan fingerprint density at radius 2 is 1.71 bits per heavy atom. The highest BCUT2D eigenvalue weighted by Gasteiger charge is 2.13. The van der Waals surface area contributed by atoms with E-state index in [2.05, 4.69) is 11.1 Å². The third kappa shape index (κ3) is 2.97. The van der Waals surface area contributed by atoms with Crippen LogP contribution in [0.25, 0.3) is 21.0 Å². The Morgan fingerprint density at radius 3 is 2.38 bits per heavy atom. The maximum Gasteiger partial charge on any atom is 0.124 e. The smallest absolute Gasteiger partial charge is 0.124 e. The van der Waals surface area contributed by atoms with Crippen LogP contribution in [-0.4, -0.2) is 4.98 Å². The molecule has 1 heterocycles. The molecule has 0 bridgehead atoms. The first-order chi connectivity index (χ1) is 10.3. The molecule has 102 valence electrons. The number of nitriles is 1. The minimum Gasteiger partial charge on any atom is -0.239 e. The number of benzene rings is 2. The zero-order valence-corrected chi connectivity index (χ0v) is 12.7. The monoisotopic (exact) mass is 310 g/mol. The molecule has 0 saturated carbocycles. The molecule has 3 aromatic rings. The van der Waals surface area contributed by atoms with Crippen LogP contribution in [0.4, 0.5) is 0 Å². The Bertz CT molecular complexity index is 786. The van der Waals surface area contributed by atoms with Gasteiger partial charge in [-0.15, -0.1) is 11.3 Å². The van der Waals surface area contributed by atoms with Gasteiger partial charge in [-0.1, -0.05) is 54.1 Å². The first-order valence-corrected chi connectivity index (χ1v) is 7.65. The topological polar surface area (TPSA) is 36.7 Å². The fourth-order valence-corrected chi connectivity index (χ4v) is 3.30. The van der Waals surface area contributed by atoms with Crippen LogP contribution < -0.4 is 0 Å². The van der Waals surface area contributed by atoms with Crippen molar-refractivity contribution in [1.29, 1.82) is 5.26 Å². The van der Waals surface area contributed by atoms with Crippen molar-refractivity contribution >= 4 is 22.9 Å². The first kappa shape index (κ1) is 13.8.